The molecule has 3 aliphatic heterocycles. The number of hydrogen-bond donors (Lipinski definition) is 2. The average Bonchev–Trinajstić information content (AvgIpc) is 2.79. The Kier molecular flexibility index (Phi) is 8.37. The van der Waals surface area contributed by atoms with Gasteiger partial charge in [0.1, 0.15) is 11.6 Å². The molecule has 0 unspecified atom stereocenters. The van der Waals surface area contributed by atoms with Gasteiger partial charge in [0.2, 0.25) is 5.95 Å². The van der Waals surface area contributed by atoms with E-state index >= 15 is 0 Å². The van der Waals surface area contributed by atoms with Crippen LogP contribution in [-0.2, 0) is 4.74 Å². The second kappa shape index (κ2) is 11.4. The Morgan fingerprint density at radius 3 is 2.16 bits per heavy atom. The van der Waals surface area contributed by atoms with Crippen LogP contribution in [0.5, 0.6) is 0 Å². The summed E-state index contributed by atoms with van der Waals surface area (Å²) in [4.78, 5) is 16.9. The van der Waals surface area contributed by atoms with Gasteiger partial charge in [-0.2, -0.15) is 9.97 Å². The van der Waals surface area contributed by atoms with Gasteiger partial charge in [0, 0.05) is 58.4 Å². The van der Waals surface area contributed by atoms with Crippen LogP contribution in [0.1, 0.15) is 39.5 Å². The lowest BCUT2D eigenvalue weighted by Gasteiger charge is -2.35. The summed E-state index contributed by atoms with van der Waals surface area (Å²) in [5.74, 6) is 4.00. The van der Waals surface area contributed by atoms with Gasteiger partial charge in [0.15, 0.2) is 5.11 Å². The van der Waals surface area contributed by atoms with E-state index in [1.807, 2.05) is 0 Å². The van der Waals surface area contributed by atoms with Crippen molar-refractivity contribution in [3.63, 3.8) is 0 Å². The van der Waals surface area contributed by atoms with E-state index in [0.29, 0.717) is 22.9 Å². The van der Waals surface area contributed by atoms with Crippen molar-refractivity contribution in [1.82, 2.24) is 20.2 Å². The van der Waals surface area contributed by atoms with Crippen molar-refractivity contribution in [3.8, 4) is 0 Å². The molecule has 9 heteroatoms. The maximum Gasteiger partial charge on any atom is 0.232 e. The van der Waals surface area contributed by atoms with E-state index in [9.17, 15) is 0 Å². The zero-order valence-electron chi connectivity index (χ0n) is 19.7. The number of ether oxygens (including phenoxy) is 1. The third-order valence-electron chi connectivity index (χ3n) is 6.70. The molecule has 0 bridgehead atoms. The van der Waals surface area contributed by atoms with E-state index in [1.54, 1.807) is 0 Å². The molecule has 4 rings (SSSR count). The highest BCUT2D eigenvalue weighted by molar-refractivity contribution is 7.80. The molecule has 0 saturated carbocycles. The van der Waals surface area contributed by atoms with Gasteiger partial charge in [-0.3, -0.25) is 4.90 Å². The fourth-order valence-corrected chi connectivity index (χ4v) is 5.09. The normalized spacial score (nSPS) is 24.9. The summed E-state index contributed by atoms with van der Waals surface area (Å²) in [6.07, 6.45) is 5.01. The molecule has 0 aliphatic carbocycles. The number of aromatic nitrogens is 2. The first-order chi connectivity index (χ1) is 15.6. The van der Waals surface area contributed by atoms with E-state index in [0.717, 1.165) is 77.2 Å². The molecule has 32 heavy (non-hydrogen) atoms. The van der Waals surface area contributed by atoms with Crippen LogP contribution in [0.4, 0.5) is 17.6 Å². The lowest BCUT2D eigenvalue weighted by molar-refractivity contribution is 0.0389. The Morgan fingerprint density at radius 1 is 1.00 bits per heavy atom. The average molecular weight is 462 g/mol. The summed E-state index contributed by atoms with van der Waals surface area (Å²) in [6.45, 7) is 14.2. The number of hydrogen-bond acceptors (Lipinski definition) is 7. The van der Waals surface area contributed by atoms with Crippen LogP contribution >= 0.6 is 12.2 Å². The van der Waals surface area contributed by atoms with Gasteiger partial charge in [-0.25, -0.2) is 0 Å². The fraction of sp³-hybridized carbons (Fsp3) is 0.783. The van der Waals surface area contributed by atoms with Crippen LogP contribution in [0.15, 0.2) is 6.07 Å². The molecule has 3 fully saturated rings. The summed E-state index contributed by atoms with van der Waals surface area (Å²) in [6, 6.07) is 2.18. The van der Waals surface area contributed by atoms with Gasteiger partial charge >= 0.3 is 0 Å². The lowest BCUT2D eigenvalue weighted by atomic mass is 10.00. The maximum absolute atomic E-state index is 5.57. The molecule has 1 aromatic heterocycles. The molecule has 178 valence electrons. The molecule has 2 N–H and O–H groups in total. The Balaban J connectivity index is 1.42. The first-order valence-corrected chi connectivity index (χ1v) is 12.7. The highest BCUT2D eigenvalue weighted by Crippen LogP contribution is 2.28. The van der Waals surface area contributed by atoms with E-state index < -0.39 is 0 Å². The first-order valence-electron chi connectivity index (χ1n) is 12.3. The maximum atomic E-state index is 5.57. The second-order valence-electron chi connectivity index (χ2n) is 9.63. The van der Waals surface area contributed by atoms with Crippen LogP contribution in [0.2, 0.25) is 0 Å². The molecule has 0 aromatic carbocycles. The molecular weight excluding hydrogens is 422 g/mol. The zero-order valence-corrected chi connectivity index (χ0v) is 20.5. The third kappa shape index (κ3) is 6.65. The summed E-state index contributed by atoms with van der Waals surface area (Å²) in [5.41, 5.74) is 0. The van der Waals surface area contributed by atoms with Gasteiger partial charge in [0.25, 0.3) is 0 Å². The summed E-state index contributed by atoms with van der Waals surface area (Å²) >= 11 is 5.57. The van der Waals surface area contributed by atoms with Gasteiger partial charge in [-0.05, 0) is 49.7 Å². The zero-order chi connectivity index (χ0) is 22.3. The van der Waals surface area contributed by atoms with Crippen molar-refractivity contribution in [2.45, 2.75) is 39.5 Å². The topological polar surface area (TPSA) is 68.8 Å². The Morgan fingerprint density at radius 2 is 1.59 bits per heavy atom. The number of thiocarbonyl (C=S) groups is 1. The fourth-order valence-electron chi connectivity index (χ4n) is 4.89. The van der Waals surface area contributed by atoms with Gasteiger partial charge < -0.3 is 25.2 Å². The second-order valence-corrected chi connectivity index (χ2v) is 10.0. The summed E-state index contributed by atoms with van der Waals surface area (Å²) in [5, 5.41) is 7.17. The van der Waals surface area contributed by atoms with Crippen molar-refractivity contribution in [2.75, 3.05) is 80.7 Å². The number of nitrogens with one attached hydrogen (secondary N) is 2. The van der Waals surface area contributed by atoms with Crippen LogP contribution in [0, 0.1) is 11.8 Å². The van der Waals surface area contributed by atoms with Crippen LogP contribution < -0.4 is 20.4 Å². The van der Waals surface area contributed by atoms with E-state index in [1.165, 1.54) is 25.7 Å². The molecule has 2 atom stereocenters. The standard InChI is InChI=1S/C23H39N7OS/c1-18-5-3-8-29(16-18)20-15-21(30-9-4-6-19(2)17-30)26-22(25-20)27-23(32)24-7-10-28-11-13-31-14-12-28/h15,18-19H,3-14,16-17H2,1-2H3,(H2,24,25,26,27,32)/t18-,19-/m1/s1. The highest BCUT2D eigenvalue weighted by Gasteiger charge is 2.23. The molecular formula is C23H39N7OS. The minimum absolute atomic E-state index is 0.584. The summed E-state index contributed by atoms with van der Waals surface area (Å²) < 4.78 is 5.42. The van der Waals surface area contributed by atoms with Crippen LogP contribution in [-0.4, -0.2) is 85.6 Å². The summed E-state index contributed by atoms with van der Waals surface area (Å²) in [7, 11) is 0. The smallest absolute Gasteiger partial charge is 0.232 e. The molecule has 3 aliphatic rings. The highest BCUT2D eigenvalue weighted by atomic mass is 32.1. The van der Waals surface area contributed by atoms with E-state index in [2.05, 4.69) is 45.2 Å². The lowest BCUT2D eigenvalue weighted by Crippen LogP contribution is -2.42. The molecule has 0 spiro atoms. The Hall–Kier alpha value is -1.71. The number of piperidine rings is 2. The predicted octanol–water partition coefficient (Wildman–Crippen LogP) is 2.57. The Bertz CT molecular complexity index is 718. The number of nitrogens with zero attached hydrogens (tertiary/aromatic N) is 5. The Labute approximate surface area is 198 Å². The van der Waals surface area contributed by atoms with Crippen LogP contribution in [0.3, 0.4) is 0 Å². The van der Waals surface area contributed by atoms with E-state index in [-0.39, 0.29) is 0 Å². The predicted molar refractivity (Wildman–Crippen MR) is 135 cm³/mol. The molecule has 4 heterocycles. The minimum atomic E-state index is 0.584. The van der Waals surface area contributed by atoms with Crippen molar-refractivity contribution < 1.29 is 4.74 Å². The molecule has 0 amide bonds. The molecule has 0 radical (unpaired) electrons. The quantitative estimate of drug-likeness (QED) is 0.622. The van der Waals surface area contributed by atoms with Crippen molar-refractivity contribution >= 4 is 34.9 Å². The molecule has 8 nitrogen and oxygen atoms in total. The van der Waals surface area contributed by atoms with Crippen molar-refractivity contribution in [1.29, 1.82) is 0 Å². The minimum Gasteiger partial charge on any atom is -0.379 e. The monoisotopic (exact) mass is 461 g/mol. The number of rotatable bonds is 6. The van der Waals surface area contributed by atoms with Crippen LogP contribution in [0.25, 0.3) is 0 Å². The van der Waals surface area contributed by atoms with Gasteiger partial charge in [0.05, 0.1) is 13.2 Å². The van der Waals surface area contributed by atoms with Crippen molar-refractivity contribution in [3.05, 3.63) is 6.07 Å². The van der Waals surface area contributed by atoms with Gasteiger partial charge in [-0.15, -0.1) is 0 Å². The SMILES string of the molecule is C[C@@H]1CCCN(c2cc(N3CCC[C@@H](C)C3)nc(NC(=S)NCCN3CCOCC3)n2)C1. The largest absolute Gasteiger partial charge is 0.379 e. The van der Waals surface area contributed by atoms with Crippen molar-refractivity contribution in [2.24, 2.45) is 11.8 Å². The number of anilines is 3. The van der Waals surface area contributed by atoms with Gasteiger partial charge in [-0.1, -0.05) is 13.8 Å². The van der Waals surface area contributed by atoms with E-state index in [4.69, 9.17) is 26.9 Å². The third-order valence-corrected chi connectivity index (χ3v) is 6.95. The first kappa shape index (κ1) is 23.4. The molecule has 1 aromatic rings. The number of morpholine rings is 1. The molecule has 3 saturated heterocycles.